The molecule has 152 valence electrons. The van der Waals surface area contributed by atoms with Gasteiger partial charge in [0.2, 0.25) is 0 Å². The Hall–Kier alpha value is -2.61. The van der Waals surface area contributed by atoms with Crippen LogP contribution in [0.1, 0.15) is 30.2 Å². The molecule has 0 unspecified atom stereocenters. The van der Waals surface area contributed by atoms with Crippen molar-refractivity contribution in [2.45, 2.75) is 25.9 Å². The molecule has 0 atom stereocenters. The van der Waals surface area contributed by atoms with Gasteiger partial charge in [-0.05, 0) is 54.5 Å². The fraction of sp³-hybridized carbons (Fsp3) is 0.333. The van der Waals surface area contributed by atoms with Crippen LogP contribution in [0.2, 0.25) is 0 Å². The average Bonchev–Trinajstić information content (AvgIpc) is 3.28. The summed E-state index contributed by atoms with van der Waals surface area (Å²) in [5, 5.41) is 1.83. The first-order valence-corrected chi connectivity index (χ1v) is 10.2. The van der Waals surface area contributed by atoms with Gasteiger partial charge in [0.15, 0.2) is 0 Å². The van der Waals surface area contributed by atoms with E-state index in [1.54, 1.807) is 12.1 Å². The molecule has 2 amide bonds. The van der Waals surface area contributed by atoms with Crippen molar-refractivity contribution < 1.29 is 22.8 Å². The molecule has 2 aliphatic rings. The largest absolute Gasteiger partial charge is 0.416 e. The topological polar surface area (TPSA) is 40.6 Å². The Balaban J connectivity index is 1.73. The van der Waals surface area contributed by atoms with E-state index < -0.39 is 23.6 Å². The predicted octanol–water partition coefficient (Wildman–Crippen LogP) is 4.78. The number of hydrogen-bond acceptors (Lipinski definition) is 4. The standard InChI is InChI=1S/C21H19F3N2O2S/c1-13-8-10-25(11-9-13)18-17(16-3-2-12-29-16)19(27)26(20(18)28)15-6-4-14(5-7-15)21(22,23)24/h2-7,12-13H,8-11H2,1H3. The van der Waals surface area contributed by atoms with Crippen molar-refractivity contribution in [2.75, 3.05) is 18.0 Å². The minimum absolute atomic E-state index is 0.141. The highest BCUT2D eigenvalue weighted by molar-refractivity contribution is 7.11. The summed E-state index contributed by atoms with van der Waals surface area (Å²) in [5.74, 6) is -0.422. The van der Waals surface area contributed by atoms with E-state index in [0.717, 1.165) is 29.9 Å². The van der Waals surface area contributed by atoms with Gasteiger partial charge in [0, 0.05) is 18.0 Å². The zero-order valence-electron chi connectivity index (χ0n) is 15.7. The monoisotopic (exact) mass is 420 g/mol. The number of thiophene rings is 1. The molecule has 1 saturated heterocycles. The lowest BCUT2D eigenvalue weighted by molar-refractivity contribution is -0.137. The van der Waals surface area contributed by atoms with Gasteiger partial charge in [0.25, 0.3) is 11.8 Å². The van der Waals surface area contributed by atoms with Gasteiger partial charge in [0.05, 0.1) is 16.8 Å². The number of carbonyl (C=O) groups is 2. The van der Waals surface area contributed by atoms with E-state index in [4.69, 9.17) is 0 Å². The molecule has 0 N–H and O–H groups in total. The van der Waals surface area contributed by atoms with E-state index in [1.807, 2.05) is 10.3 Å². The zero-order chi connectivity index (χ0) is 20.8. The van der Waals surface area contributed by atoms with Crippen LogP contribution in [0.4, 0.5) is 18.9 Å². The molecule has 8 heteroatoms. The van der Waals surface area contributed by atoms with Gasteiger partial charge < -0.3 is 4.90 Å². The van der Waals surface area contributed by atoms with Crippen molar-refractivity contribution in [3.8, 4) is 0 Å². The second-order valence-electron chi connectivity index (χ2n) is 7.36. The number of likely N-dealkylation sites (tertiary alicyclic amines) is 1. The maximum absolute atomic E-state index is 13.3. The van der Waals surface area contributed by atoms with Gasteiger partial charge in [-0.3, -0.25) is 9.59 Å². The number of nitrogens with zero attached hydrogens (tertiary/aromatic N) is 2. The van der Waals surface area contributed by atoms with Gasteiger partial charge in [-0.15, -0.1) is 11.3 Å². The molecule has 0 spiro atoms. The number of benzene rings is 1. The van der Waals surface area contributed by atoms with Crippen LogP contribution in [0.15, 0.2) is 47.5 Å². The molecule has 1 aromatic carbocycles. The zero-order valence-corrected chi connectivity index (χ0v) is 16.5. The van der Waals surface area contributed by atoms with Crippen molar-refractivity contribution in [3.63, 3.8) is 0 Å². The van der Waals surface area contributed by atoms with E-state index in [1.165, 1.54) is 23.5 Å². The smallest absolute Gasteiger partial charge is 0.366 e. The number of carbonyl (C=O) groups excluding carboxylic acids is 2. The lowest BCUT2D eigenvalue weighted by atomic mass is 9.98. The van der Waals surface area contributed by atoms with Crippen LogP contribution >= 0.6 is 11.3 Å². The maximum atomic E-state index is 13.3. The van der Waals surface area contributed by atoms with Crippen molar-refractivity contribution >= 4 is 34.4 Å². The highest BCUT2D eigenvalue weighted by Crippen LogP contribution is 2.38. The Morgan fingerprint density at radius 1 is 1.00 bits per heavy atom. The first-order valence-electron chi connectivity index (χ1n) is 9.36. The Morgan fingerprint density at radius 2 is 1.66 bits per heavy atom. The molecule has 4 nitrogen and oxygen atoms in total. The molecule has 2 aromatic rings. The molecule has 4 rings (SSSR count). The molecule has 1 aromatic heterocycles. The molecular formula is C21H19F3N2O2S. The van der Waals surface area contributed by atoms with Gasteiger partial charge in [0.1, 0.15) is 5.70 Å². The average molecular weight is 420 g/mol. The van der Waals surface area contributed by atoms with E-state index in [-0.39, 0.29) is 5.69 Å². The van der Waals surface area contributed by atoms with E-state index in [2.05, 4.69) is 6.92 Å². The summed E-state index contributed by atoms with van der Waals surface area (Å²) in [7, 11) is 0. The summed E-state index contributed by atoms with van der Waals surface area (Å²) >= 11 is 1.36. The Labute approximate surface area is 170 Å². The molecule has 0 saturated carbocycles. The van der Waals surface area contributed by atoms with Gasteiger partial charge in [-0.2, -0.15) is 13.2 Å². The highest BCUT2D eigenvalue weighted by atomic mass is 32.1. The maximum Gasteiger partial charge on any atom is 0.416 e. The molecular weight excluding hydrogens is 401 g/mol. The Bertz CT molecular complexity index is 957. The minimum atomic E-state index is -4.48. The third-order valence-electron chi connectivity index (χ3n) is 5.38. The second kappa shape index (κ2) is 7.33. The summed E-state index contributed by atoms with van der Waals surface area (Å²) in [6.07, 6.45) is -2.64. The summed E-state index contributed by atoms with van der Waals surface area (Å²) in [6, 6.07) is 7.72. The number of anilines is 1. The normalized spacial score (nSPS) is 18.9. The summed E-state index contributed by atoms with van der Waals surface area (Å²) in [6.45, 7) is 3.50. The van der Waals surface area contributed by atoms with Gasteiger partial charge in [-0.25, -0.2) is 4.90 Å². The third-order valence-corrected chi connectivity index (χ3v) is 6.27. The summed E-state index contributed by atoms with van der Waals surface area (Å²) in [4.78, 5) is 30.1. The minimum Gasteiger partial charge on any atom is -0.366 e. The van der Waals surface area contributed by atoms with Crippen molar-refractivity contribution in [1.82, 2.24) is 4.90 Å². The quantitative estimate of drug-likeness (QED) is 0.671. The lowest BCUT2D eigenvalue weighted by Gasteiger charge is -2.32. The molecule has 29 heavy (non-hydrogen) atoms. The Kier molecular flexibility index (Phi) is 4.98. The number of halogens is 3. The van der Waals surface area contributed by atoms with Crippen molar-refractivity contribution in [3.05, 3.63) is 57.9 Å². The molecule has 0 radical (unpaired) electrons. The number of piperidine rings is 1. The summed E-state index contributed by atoms with van der Waals surface area (Å²) < 4.78 is 38.6. The van der Waals surface area contributed by atoms with Crippen molar-refractivity contribution in [2.24, 2.45) is 5.92 Å². The van der Waals surface area contributed by atoms with Crippen LogP contribution in [0, 0.1) is 5.92 Å². The van der Waals surface area contributed by atoms with Crippen LogP contribution < -0.4 is 4.90 Å². The van der Waals surface area contributed by atoms with E-state index in [0.29, 0.717) is 35.2 Å². The number of imide groups is 1. The fourth-order valence-electron chi connectivity index (χ4n) is 3.72. The van der Waals surface area contributed by atoms with E-state index in [9.17, 15) is 22.8 Å². The van der Waals surface area contributed by atoms with Gasteiger partial charge >= 0.3 is 6.18 Å². The lowest BCUT2D eigenvalue weighted by Crippen LogP contribution is -2.38. The van der Waals surface area contributed by atoms with Crippen LogP contribution in [0.5, 0.6) is 0 Å². The first kappa shape index (κ1) is 19.7. The molecule has 3 heterocycles. The second-order valence-corrected chi connectivity index (χ2v) is 8.31. The van der Waals surface area contributed by atoms with Gasteiger partial charge in [-0.1, -0.05) is 13.0 Å². The van der Waals surface area contributed by atoms with E-state index >= 15 is 0 Å². The highest BCUT2D eigenvalue weighted by Gasteiger charge is 2.43. The number of hydrogen-bond donors (Lipinski definition) is 0. The Morgan fingerprint density at radius 3 is 2.21 bits per heavy atom. The molecule has 2 aliphatic heterocycles. The number of rotatable bonds is 3. The first-order chi connectivity index (χ1) is 13.8. The van der Waals surface area contributed by atoms with Crippen LogP contribution in [0.25, 0.3) is 5.57 Å². The molecule has 0 bridgehead atoms. The molecule has 1 fully saturated rings. The SMILES string of the molecule is CC1CCN(C2=C(c3cccs3)C(=O)N(c3ccc(C(F)(F)F)cc3)C2=O)CC1. The van der Waals surface area contributed by atoms with Crippen molar-refractivity contribution in [1.29, 1.82) is 0 Å². The third kappa shape index (κ3) is 3.57. The summed E-state index contributed by atoms with van der Waals surface area (Å²) in [5.41, 5.74) is 0.00292. The van der Waals surface area contributed by atoms with Crippen LogP contribution in [-0.4, -0.2) is 29.8 Å². The molecule has 0 aliphatic carbocycles. The number of amides is 2. The number of alkyl halides is 3. The fourth-order valence-corrected chi connectivity index (χ4v) is 4.48. The van der Waals surface area contributed by atoms with Crippen LogP contribution in [-0.2, 0) is 15.8 Å². The predicted molar refractivity (Wildman–Crippen MR) is 105 cm³/mol. The van der Waals surface area contributed by atoms with Crippen LogP contribution in [0.3, 0.4) is 0 Å².